The zero-order valence-electron chi connectivity index (χ0n) is 8.20. The van der Waals surface area contributed by atoms with Crippen LogP contribution in [0.15, 0.2) is 0 Å². The molecule has 5 heteroatoms. The van der Waals surface area contributed by atoms with E-state index in [1.54, 1.807) is 6.92 Å². The number of likely N-dealkylation sites (N-methyl/N-ethyl adjacent to an activating group) is 1. The minimum absolute atomic E-state index is 0.0180. The normalized spacial score (nSPS) is 9.46. The Labute approximate surface area is 77.6 Å². The summed E-state index contributed by atoms with van der Waals surface area (Å²) in [7, 11) is 2.95. The summed E-state index contributed by atoms with van der Waals surface area (Å²) in [4.78, 5) is 23.2. The third-order valence-electron chi connectivity index (χ3n) is 1.37. The van der Waals surface area contributed by atoms with E-state index in [0.717, 1.165) is 0 Å². The number of carbonyl (C=O) groups is 2. The lowest BCUT2D eigenvalue weighted by Gasteiger charge is -2.14. The number of hydrogen-bond acceptors (Lipinski definition) is 4. The molecule has 0 bridgehead atoms. The molecule has 0 spiro atoms. The van der Waals surface area contributed by atoms with Gasteiger partial charge in [0.2, 0.25) is 5.91 Å². The van der Waals surface area contributed by atoms with Gasteiger partial charge in [-0.15, -0.1) is 0 Å². The molecule has 0 aliphatic carbocycles. The van der Waals surface area contributed by atoms with Crippen LogP contribution < -0.4 is 0 Å². The maximum absolute atomic E-state index is 11.1. The van der Waals surface area contributed by atoms with Gasteiger partial charge in [0.1, 0.15) is 13.2 Å². The summed E-state index contributed by atoms with van der Waals surface area (Å²) >= 11 is 0. The van der Waals surface area contributed by atoms with Gasteiger partial charge in [-0.25, -0.2) is 0 Å². The SMILES string of the molecule is CCOC(=O)CN(C)C(=O)COC. The number of amides is 1. The Morgan fingerprint density at radius 2 is 2.00 bits per heavy atom. The molecule has 0 aliphatic heterocycles. The monoisotopic (exact) mass is 189 g/mol. The third kappa shape index (κ3) is 5.19. The van der Waals surface area contributed by atoms with Crippen molar-refractivity contribution in [1.82, 2.24) is 4.90 Å². The molecule has 0 radical (unpaired) electrons. The summed E-state index contributed by atoms with van der Waals surface area (Å²) < 4.78 is 9.29. The van der Waals surface area contributed by atoms with Gasteiger partial charge in [-0.1, -0.05) is 0 Å². The molecule has 0 aliphatic rings. The first kappa shape index (κ1) is 11.9. The first-order chi connectivity index (χ1) is 6.11. The van der Waals surface area contributed by atoms with Gasteiger partial charge in [0, 0.05) is 14.2 Å². The van der Waals surface area contributed by atoms with Crippen LogP contribution >= 0.6 is 0 Å². The number of nitrogens with zero attached hydrogens (tertiary/aromatic N) is 1. The number of ether oxygens (including phenoxy) is 2. The topological polar surface area (TPSA) is 55.8 Å². The van der Waals surface area contributed by atoms with Crippen molar-refractivity contribution in [2.45, 2.75) is 6.92 Å². The second kappa shape index (κ2) is 6.42. The van der Waals surface area contributed by atoms with E-state index in [9.17, 15) is 9.59 Å². The van der Waals surface area contributed by atoms with Crippen LogP contribution in [0.1, 0.15) is 6.92 Å². The smallest absolute Gasteiger partial charge is 0.325 e. The Hall–Kier alpha value is -1.10. The van der Waals surface area contributed by atoms with E-state index in [0.29, 0.717) is 6.61 Å². The number of methoxy groups -OCH3 is 1. The van der Waals surface area contributed by atoms with E-state index < -0.39 is 5.97 Å². The van der Waals surface area contributed by atoms with Crippen LogP contribution in [0.4, 0.5) is 0 Å². The van der Waals surface area contributed by atoms with Crippen molar-refractivity contribution in [1.29, 1.82) is 0 Å². The Bertz CT molecular complexity index is 181. The fourth-order valence-electron chi connectivity index (χ4n) is 0.722. The van der Waals surface area contributed by atoms with Crippen LogP contribution in [-0.2, 0) is 19.1 Å². The van der Waals surface area contributed by atoms with Gasteiger partial charge in [0.05, 0.1) is 6.61 Å². The van der Waals surface area contributed by atoms with Gasteiger partial charge >= 0.3 is 5.97 Å². The molecule has 0 N–H and O–H groups in total. The predicted octanol–water partition coefficient (Wildman–Crippen LogP) is -0.346. The van der Waals surface area contributed by atoms with E-state index in [2.05, 4.69) is 9.47 Å². The highest BCUT2D eigenvalue weighted by Crippen LogP contribution is 1.88. The van der Waals surface area contributed by atoms with Gasteiger partial charge in [0.25, 0.3) is 0 Å². The van der Waals surface area contributed by atoms with Crippen LogP contribution in [0.5, 0.6) is 0 Å². The van der Waals surface area contributed by atoms with Crippen LogP contribution in [-0.4, -0.2) is 50.7 Å². The van der Waals surface area contributed by atoms with E-state index in [4.69, 9.17) is 0 Å². The Morgan fingerprint density at radius 1 is 1.38 bits per heavy atom. The highest BCUT2D eigenvalue weighted by Gasteiger charge is 2.12. The molecule has 0 unspecified atom stereocenters. The molecule has 5 nitrogen and oxygen atoms in total. The maximum atomic E-state index is 11.1. The quantitative estimate of drug-likeness (QED) is 0.555. The van der Waals surface area contributed by atoms with Gasteiger partial charge in [-0.2, -0.15) is 0 Å². The lowest BCUT2D eigenvalue weighted by atomic mass is 10.5. The molecule has 0 fully saturated rings. The van der Waals surface area contributed by atoms with Gasteiger partial charge in [-0.3, -0.25) is 9.59 Å². The third-order valence-corrected chi connectivity index (χ3v) is 1.37. The predicted molar refractivity (Wildman–Crippen MR) is 46.1 cm³/mol. The molecule has 0 atom stereocenters. The number of rotatable bonds is 5. The van der Waals surface area contributed by atoms with Crippen LogP contribution in [0.2, 0.25) is 0 Å². The first-order valence-corrected chi connectivity index (χ1v) is 4.00. The molecule has 0 aromatic heterocycles. The molecular weight excluding hydrogens is 174 g/mol. The molecule has 0 rings (SSSR count). The Morgan fingerprint density at radius 3 is 2.46 bits per heavy atom. The molecular formula is C8H15NO4. The molecule has 0 aromatic rings. The summed E-state index contributed by atoms with van der Waals surface area (Å²) in [6.07, 6.45) is 0. The second-order valence-corrected chi connectivity index (χ2v) is 2.49. The average Bonchev–Trinajstić information content (AvgIpc) is 2.05. The minimum atomic E-state index is -0.408. The summed E-state index contributed by atoms with van der Waals surface area (Å²) in [5.74, 6) is -0.648. The molecule has 76 valence electrons. The fourth-order valence-corrected chi connectivity index (χ4v) is 0.722. The lowest BCUT2D eigenvalue weighted by molar-refractivity contribution is -0.149. The minimum Gasteiger partial charge on any atom is -0.465 e. The van der Waals surface area contributed by atoms with Crippen molar-refractivity contribution in [3.8, 4) is 0 Å². The first-order valence-electron chi connectivity index (χ1n) is 4.00. The number of carbonyl (C=O) groups excluding carboxylic acids is 2. The second-order valence-electron chi connectivity index (χ2n) is 2.49. The van der Waals surface area contributed by atoms with Crippen LogP contribution in [0.25, 0.3) is 0 Å². The van der Waals surface area contributed by atoms with Crippen molar-refractivity contribution in [3.63, 3.8) is 0 Å². The van der Waals surface area contributed by atoms with Crippen molar-refractivity contribution < 1.29 is 19.1 Å². The van der Waals surface area contributed by atoms with E-state index in [1.807, 2.05) is 0 Å². The standard InChI is InChI=1S/C8H15NO4/c1-4-13-8(11)5-9(2)7(10)6-12-3/h4-6H2,1-3H3. The van der Waals surface area contributed by atoms with Crippen molar-refractivity contribution in [2.24, 2.45) is 0 Å². The molecule has 0 saturated heterocycles. The summed E-state index contributed by atoms with van der Waals surface area (Å²) in [5, 5.41) is 0. The largest absolute Gasteiger partial charge is 0.465 e. The highest BCUT2D eigenvalue weighted by molar-refractivity contribution is 5.82. The van der Waals surface area contributed by atoms with Gasteiger partial charge in [0.15, 0.2) is 0 Å². The average molecular weight is 189 g/mol. The van der Waals surface area contributed by atoms with Gasteiger partial charge < -0.3 is 14.4 Å². The fraction of sp³-hybridized carbons (Fsp3) is 0.750. The number of hydrogen-bond donors (Lipinski definition) is 0. The highest BCUT2D eigenvalue weighted by atomic mass is 16.5. The number of esters is 1. The molecule has 1 amide bonds. The van der Waals surface area contributed by atoms with Crippen LogP contribution in [0, 0.1) is 0 Å². The van der Waals surface area contributed by atoms with Crippen molar-refractivity contribution >= 4 is 11.9 Å². The molecule has 0 saturated carbocycles. The molecule has 0 heterocycles. The summed E-state index contributed by atoms with van der Waals surface area (Å²) in [6.45, 7) is 1.99. The lowest BCUT2D eigenvalue weighted by Crippen LogP contribution is -2.35. The summed E-state index contributed by atoms with van der Waals surface area (Å²) in [5.41, 5.74) is 0. The Balaban J connectivity index is 3.78. The van der Waals surface area contributed by atoms with Crippen LogP contribution in [0.3, 0.4) is 0 Å². The van der Waals surface area contributed by atoms with Gasteiger partial charge in [-0.05, 0) is 6.92 Å². The molecule has 0 aromatic carbocycles. The maximum Gasteiger partial charge on any atom is 0.325 e. The summed E-state index contributed by atoms with van der Waals surface area (Å²) in [6, 6.07) is 0. The Kier molecular flexibility index (Phi) is 5.88. The molecule has 13 heavy (non-hydrogen) atoms. The van der Waals surface area contributed by atoms with E-state index in [-0.39, 0.29) is 19.1 Å². The van der Waals surface area contributed by atoms with E-state index >= 15 is 0 Å². The zero-order valence-corrected chi connectivity index (χ0v) is 8.20. The van der Waals surface area contributed by atoms with Crippen molar-refractivity contribution in [3.05, 3.63) is 0 Å². The van der Waals surface area contributed by atoms with Crippen molar-refractivity contribution in [2.75, 3.05) is 33.9 Å². The zero-order chi connectivity index (χ0) is 10.3. The van der Waals surface area contributed by atoms with E-state index in [1.165, 1.54) is 19.1 Å².